The molecule has 0 radical (unpaired) electrons. The van der Waals surface area contributed by atoms with E-state index in [1.54, 1.807) is 7.05 Å². The molecule has 134 valence electrons. The van der Waals surface area contributed by atoms with Crippen LogP contribution in [0.4, 0.5) is 0 Å². The third-order valence-corrected chi connectivity index (χ3v) is 3.92. The molecule has 1 aliphatic heterocycles. The monoisotopic (exact) mass is 453 g/mol. The van der Waals surface area contributed by atoms with Gasteiger partial charge in [-0.05, 0) is 36.1 Å². The summed E-state index contributed by atoms with van der Waals surface area (Å²) in [5.74, 6) is 2.48. The van der Waals surface area contributed by atoms with Crippen LogP contribution in [0.1, 0.15) is 11.1 Å². The molecule has 0 unspecified atom stereocenters. The zero-order valence-corrected chi connectivity index (χ0v) is 16.7. The molecule has 2 aromatic rings. The molecule has 0 saturated carbocycles. The molecule has 5 nitrogen and oxygen atoms in total. The molecular weight excluding hydrogens is 429 g/mol. The molecule has 25 heavy (non-hydrogen) atoms. The van der Waals surface area contributed by atoms with Crippen molar-refractivity contribution < 1.29 is 9.47 Å². The fraction of sp³-hybridized carbons (Fsp3) is 0.316. The third-order valence-electron chi connectivity index (χ3n) is 3.92. The van der Waals surface area contributed by atoms with Gasteiger partial charge in [-0.2, -0.15) is 0 Å². The van der Waals surface area contributed by atoms with Crippen molar-refractivity contribution in [2.75, 3.05) is 26.9 Å². The van der Waals surface area contributed by atoms with Crippen LogP contribution in [-0.4, -0.2) is 32.9 Å². The minimum Gasteiger partial charge on any atom is -0.454 e. The van der Waals surface area contributed by atoms with Gasteiger partial charge in [0.2, 0.25) is 6.79 Å². The molecule has 1 aliphatic rings. The fourth-order valence-electron chi connectivity index (χ4n) is 2.61. The minimum atomic E-state index is 0. The minimum absolute atomic E-state index is 0. The lowest BCUT2D eigenvalue weighted by atomic mass is 10.1. The summed E-state index contributed by atoms with van der Waals surface area (Å²) in [6.07, 6.45) is 1.87. The van der Waals surface area contributed by atoms with Crippen LogP contribution >= 0.6 is 24.0 Å². The zero-order chi connectivity index (χ0) is 16.6. The number of rotatable bonds is 6. The van der Waals surface area contributed by atoms with Gasteiger partial charge in [0.1, 0.15) is 0 Å². The molecule has 0 aromatic heterocycles. The Balaban J connectivity index is 0.00000225. The molecule has 3 rings (SSSR count). The van der Waals surface area contributed by atoms with Crippen molar-refractivity contribution in [3.63, 3.8) is 0 Å². The molecular formula is C19H24IN3O2. The highest BCUT2D eigenvalue weighted by Crippen LogP contribution is 2.32. The first kappa shape index (κ1) is 19.4. The maximum atomic E-state index is 5.40. The third kappa shape index (κ3) is 5.81. The summed E-state index contributed by atoms with van der Waals surface area (Å²) in [5.41, 5.74) is 2.53. The van der Waals surface area contributed by atoms with Gasteiger partial charge in [0.05, 0.1) is 0 Å². The van der Waals surface area contributed by atoms with Crippen LogP contribution in [0.3, 0.4) is 0 Å². The summed E-state index contributed by atoms with van der Waals surface area (Å²) < 4.78 is 10.7. The first-order valence-corrected chi connectivity index (χ1v) is 8.22. The van der Waals surface area contributed by atoms with Crippen LogP contribution in [-0.2, 0) is 12.8 Å². The number of hydrogen-bond donors (Lipinski definition) is 2. The summed E-state index contributed by atoms with van der Waals surface area (Å²) in [5, 5.41) is 6.68. The highest BCUT2D eigenvalue weighted by atomic mass is 127. The summed E-state index contributed by atoms with van der Waals surface area (Å²) in [6, 6.07) is 16.5. The van der Waals surface area contributed by atoms with Crippen molar-refractivity contribution >= 4 is 29.9 Å². The molecule has 0 spiro atoms. The molecule has 0 fully saturated rings. The van der Waals surface area contributed by atoms with Crippen molar-refractivity contribution in [3.8, 4) is 11.5 Å². The van der Waals surface area contributed by atoms with Gasteiger partial charge >= 0.3 is 0 Å². The average molecular weight is 453 g/mol. The topological polar surface area (TPSA) is 54.9 Å². The lowest BCUT2D eigenvalue weighted by Gasteiger charge is -2.12. The predicted molar refractivity (Wildman–Crippen MR) is 111 cm³/mol. The summed E-state index contributed by atoms with van der Waals surface area (Å²) in [7, 11) is 1.79. The van der Waals surface area contributed by atoms with E-state index in [9.17, 15) is 0 Å². The van der Waals surface area contributed by atoms with Gasteiger partial charge < -0.3 is 20.1 Å². The van der Waals surface area contributed by atoms with Gasteiger partial charge in [0, 0.05) is 20.1 Å². The van der Waals surface area contributed by atoms with Gasteiger partial charge in [-0.3, -0.25) is 4.99 Å². The van der Waals surface area contributed by atoms with Gasteiger partial charge in [0.15, 0.2) is 17.5 Å². The van der Waals surface area contributed by atoms with E-state index in [2.05, 4.69) is 46.0 Å². The maximum Gasteiger partial charge on any atom is 0.231 e. The average Bonchev–Trinajstić information content (AvgIpc) is 3.09. The van der Waals surface area contributed by atoms with E-state index in [1.807, 2.05) is 18.2 Å². The van der Waals surface area contributed by atoms with Crippen LogP contribution in [0.15, 0.2) is 53.5 Å². The van der Waals surface area contributed by atoms with E-state index in [0.29, 0.717) is 6.79 Å². The van der Waals surface area contributed by atoms with Crippen LogP contribution in [0, 0.1) is 0 Å². The summed E-state index contributed by atoms with van der Waals surface area (Å²) >= 11 is 0. The highest BCUT2D eigenvalue weighted by Gasteiger charge is 2.12. The van der Waals surface area contributed by atoms with E-state index < -0.39 is 0 Å². The molecule has 1 heterocycles. The fourth-order valence-corrected chi connectivity index (χ4v) is 2.61. The number of hydrogen-bond acceptors (Lipinski definition) is 3. The number of halogens is 1. The molecule has 0 bridgehead atoms. The second-order valence-corrected chi connectivity index (χ2v) is 5.60. The Kier molecular flexibility index (Phi) is 7.84. The Labute approximate surface area is 165 Å². The molecule has 0 atom stereocenters. The lowest BCUT2D eigenvalue weighted by molar-refractivity contribution is 0.174. The SMILES string of the molecule is CN=C(NCCc1ccccc1)NCCc1ccc2c(c1)OCO2.I. The zero-order valence-electron chi connectivity index (χ0n) is 14.3. The first-order valence-electron chi connectivity index (χ1n) is 8.22. The van der Waals surface area contributed by atoms with Gasteiger partial charge in [-0.15, -0.1) is 24.0 Å². The van der Waals surface area contributed by atoms with Crippen molar-refractivity contribution in [3.05, 3.63) is 59.7 Å². The Morgan fingerprint density at radius 3 is 2.32 bits per heavy atom. The number of benzene rings is 2. The van der Waals surface area contributed by atoms with E-state index >= 15 is 0 Å². The number of guanidine groups is 1. The summed E-state index contributed by atoms with van der Waals surface area (Å²) in [6.45, 7) is 1.98. The Hall–Kier alpha value is -1.96. The van der Waals surface area contributed by atoms with Crippen molar-refractivity contribution in [2.45, 2.75) is 12.8 Å². The van der Waals surface area contributed by atoms with Crippen LogP contribution in [0.2, 0.25) is 0 Å². The molecule has 0 aliphatic carbocycles. The van der Waals surface area contributed by atoms with Crippen molar-refractivity contribution in [2.24, 2.45) is 4.99 Å². The van der Waals surface area contributed by atoms with Gasteiger partial charge in [0.25, 0.3) is 0 Å². The predicted octanol–water partition coefficient (Wildman–Crippen LogP) is 2.98. The van der Waals surface area contributed by atoms with E-state index in [1.165, 1.54) is 11.1 Å². The summed E-state index contributed by atoms with van der Waals surface area (Å²) in [4.78, 5) is 4.26. The molecule has 2 aromatic carbocycles. The van der Waals surface area contributed by atoms with E-state index in [-0.39, 0.29) is 24.0 Å². The number of nitrogens with one attached hydrogen (secondary N) is 2. The Morgan fingerprint density at radius 2 is 1.60 bits per heavy atom. The molecule has 2 N–H and O–H groups in total. The van der Waals surface area contributed by atoms with Crippen molar-refractivity contribution in [1.82, 2.24) is 10.6 Å². The molecule has 0 amide bonds. The standard InChI is InChI=1S/C19H23N3O2.HI/c1-20-19(21-11-9-15-5-3-2-4-6-15)22-12-10-16-7-8-17-18(13-16)24-14-23-17;/h2-8,13H,9-12,14H2,1H3,(H2,20,21,22);1H. The lowest BCUT2D eigenvalue weighted by Crippen LogP contribution is -2.39. The van der Waals surface area contributed by atoms with E-state index in [4.69, 9.17) is 9.47 Å². The van der Waals surface area contributed by atoms with Gasteiger partial charge in [-0.1, -0.05) is 36.4 Å². The maximum absolute atomic E-state index is 5.40. The van der Waals surface area contributed by atoms with Gasteiger partial charge in [-0.25, -0.2) is 0 Å². The number of fused-ring (bicyclic) bond motifs is 1. The molecule has 6 heteroatoms. The normalized spacial score (nSPS) is 12.4. The number of aliphatic imine (C=N–C) groups is 1. The van der Waals surface area contributed by atoms with Crippen LogP contribution < -0.4 is 20.1 Å². The smallest absolute Gasteiger partial charge is 0.231 e. The number of nitrogens with zero attached hydrogens (tertiary/aromatic N) is 1. The Morgan fingerprint density at radius 1 is 0.920 bits per heavy atom. The quantitative estimate of drug-likeness (QED) is 0.401. The Bertz CT molecular complexity index is 692. The largest absolute Gasteiger partial charge is 0.454 e. The first-order chi connectivity index (χ1) is 11.8. The number of ether oxygens (including phenoxy) is 2. The van der Waals surface area contributed by atoms with Crippen molar-refractivity contribution in [1.29, 1.82) is 0 Å². The highest BCUT2D eigenvalue weighted by molar-refractivity contribution is 14.0. The van der Waals surface area contributed by atoms with E-state index in [0.717, 1.165) is 43.4 Å². The van der Waals surface area contributed by atoms with Crippen LogP contribution in [0.25, 0.3) is 0 Å². The molecule has 0 saturated heterocycles. The second-order valence-electron chi connectivity index (χ2n) is 5.60. The van der Waals surface area contributed by atoms with Crippen LogP contribution in [0.5, 0.6) is 11.5 Å². The second kappa shape index (κ2) is 10.1.